The number of benzene rings is 2. The predicted octanol–water partition coefficient (Wildman–Crippen LogP) is 3.25. The molecule has 0 spiro atoms. The van der Waals surface area contributed by atoms with Gasteiger partial charge in [0.1, 0.15) is 42.5 Å². The summed E-state index contributed by atoms with van der Waals surface area (Å²) >= 11 is 0. The van der Waals surface area contributed by atoms with Crippen molar-refractivity contribution in [2.24, 2.45) is 5.92 Å². The van der Waals surface area contributed by atoms with Crippen LogP contribution in [0.1, 0.15) is 44.2 Å². The van der Waals surface area contributed by atoms with Gasteiger partial charge in [-0.25, -0.2) is 13.6 Å². The van der Waals surface area contributed by atoms with Gasteiger partial charge in [-0.15, -0.1) is 0 Å². The minimum atomic E-state index is -1.80. The number of ether oxygens (including phenoxy) is 1. The summed E-state index contributed by atoms with van der Waals surface area (Å²) in [6.07, 6.45) is -0.356. The van der Waals surface area contributed by atoms with E-state index in [1.165, 1.54) is 6.92 Å². The Hall–Kier alpha value is -4.35. The molecule has 10 nitrogen and oxygen atoms in total. The highest BCUT2D eigenvalue weighted by Crippen LogP contribution is 2.21. The number of rotatable bonds is 11. The molecule has 1 unspecified atom stereocenters. The summed E-state index contributed by atoms with van der Waals surface area (Å²) in [6, 6.07) is 10.2. The highest BCUT2D eigenvalue weighted by molar-refractivity contribution is 5.93. The number of carboxylic acids is 2. The van der Waals surface area contributed by atoms with Crippen LogP contribution in [0, 0.1) is 17.6 Å². The lowest BCUT2D eigenvalue weighted by atomic mass is 10.00. The number of carboxylic acid groups (broad SMARTS) is 2. The maximum absolute atomic E-state index is 13.0. The van der Waals surface area contributed by atoms with E-state index in [2.05, 4.69) is 10.6 Å². The van der Waals surface area contributed by atoms with Gasteiger partial charge in [0.2, 0.25) is 5.91 Å². The molecule has 0 aliphatic heterocycles. The van der Waals surface area contributed by atoms with E-state index in [1.807, 2.05) is 44.2 Å². The molecule has 0 saturated carbocycles. The maximum atomic E-state index is 13.0. The molecule has 2 rings (SSSR count). The Labute approximate surface area is 218 Å². The molecule has 0 aliphatic carbocycles. The molecule has 0 aliphatic rings. The molecule has 38 heavy (non-hydrogen) atoms. The quantitative estimate of drug-likeness (QED) is 0.252. The zero-order valence-electron chi connectivity index (χ0n) is 21.0. The molecule has 2 aromatic rings. The number of hydrogen-bond donors (Lipinski definition) is 4. The first-order valence-electron chi connectivity index (χ1n) is 11.5. The van der Waals surface area contributed by atoms with Gasteiger partial charge in [0.05, 0.1) is 0 Å². The van der Waals surface area contributed by atoms with Crippen LogP contribution in [0.3, 0.4) is 0 Å². The van der Waals surface area contributed by atoms with E-state index < -0.39 is 59.1 Å². The van der Waals surface area contributed by atoms with Gasteiger partial charge in [0.15, 0.2) is 0 Å². The second kappa shape index (κ2) is 15.7. The zero-order chi connectivity index (χ0) is 28.8. The van der Waals surface area contributed by atoms with Crippen LogP contribution in [0.15, 0.2) is 48.5 Å². The van der Waals surface area contributed by atoms with Gasteiger partial charge in [-0.3, -0.25) is 14.4 Å². The summed E-state index contributed by atoms with van der Waals surface area (Å²) in [7, 11) is 0. The van der Waals surface area contributed by atoms with E-state index in [-0.39, 0.29) is 18.8 Å². The van der Waals surface area contributed by atoms with Crippen molar-refractivity contribution >= 4 is 30.2 Å². The van der Waals surface area contributed by atoms with E-state index in [0.717, 1.165) is 23.8 Å². The van der Waals surface area contributed by atoms with E-state index in [4.69, 9.17) is 14.9 Å². The number of amides is 2. The molecule has 206 valence electrons. The van der Waals surface area contributed by atoms with Crippen molar-refractivity contribution in [3.63, 3.8) is 0 Å². The van der Waals surface area contributed by atoms with Crippen LogP contribution in [-0.4, -0.2) is 52.5 Å². The van der Waals surface area contributed by atoms with Gasteiger partial charge in [-0.2, -0.15) is 0 Å². The van der Waals surface area contributed by atoms with Gasteiger partial charge in [-0.1, -0.05) is 50.2 Å². The molecule has 0 saturated heterocycles. The Morgan fingerprint density at radius 1 is 0.895 bits per heavy atom. The zero-order valence-corrected chi connectivity index (χ0v) is 21.0. The van der Waals surface area contributed by atoms with Crippen LogP contribution in [0.25, 0.3) is 0 Å². The fourth-order valence-corrected chi connectivity index (χ4v) is 3.04. The van der Waals surface area contributed by atoms with Crippen LogP contribution >= 0.6 is 0 Å². The number of nitrogens with one attached hydrogen (secondary N) is 2. The average Bonchev–Trinajstić information content (AvgIpc) is 2.85. The predicted molar refractivity (Wildman–Crippen MR) is 131 cm³/mol. The third kappa shape index (κ3) is 10.7. The SMILES string of the molecule is CC(C)C[C@H](NC(=O)OCc1ccccc1)C(=O)N[C@@H](C)C(=O)O.O=CC(C(=O)O)c1c(F)cccc1F. The number of aliphatic carboxylic acids is 2. The summed E-state index contributed by atoms with van der Waals surface area (Å²) in [5.41, 5.74) is 0.104. The van der Waals surface area contributed by atoms with Crippen LogP contribution < -0.4 is 10.6 Å². The van der Waals surface area contributed by atoms with Crippen molar-refractivity contribution in [2.75, 3.05) is 0 Å². The molecular weight excluding hydrogens is 506 g/mol. The summed E-state index contributed by atoms with van der Waals surface area (Å²) in [5.74, 6) is -7.00. The van der Waals surface area contributed by atoms with Crippen LogP contribution in [0.2, 0.25) is 0 Å². The molecule has 2 aromatic carbocycles. The molecule has 0 radical (unpaired) electrons. The van der Waals surface area contributed by atoms with E-state index in [9.17, 15) is 32.8 Å². The fourth-order valence-electron chi connectivity index (χ4n) is 3.04. The smallest absolute Gasteiger partial charge is 0.408 e. The Morgan fingerprint density at radius 3 is 1.95 bits per heavy atom. The summed E-state index contributed by atoms with van der Waals surface area (Å²) in [6.45, 7) is 5.25. The highest BCUT2D eigenvalue weighted by Gasteiger charge is 2.26. The number of carbonyl (C=O) groups excluding carboxylic acids is 3. The molecule has 4 N–H and O–H groups in total. The number of carbonyl (C=O) groups is 5. The van der Waals surface area contributed by atoms with Crippen molar-refractivity contribution in [3.8, 4) is 0 Å². The van der Waals surface area contributed by atoms with Gasteiger partial charge < -0.3 is 30.4 Å². The van der Waals surface area contributed by atoms with Gasteiger partial charge >= 0.3 is 18.0 Å². The van der Waals surface area contributed by atoms with Crippen LogP contribution in [0.5, 0.6) is 0 Å². The third-order valence-electron chi connectivity index (χ3n) is 4.97. The molecule has 2 amide bonds. The average molecular weight is 537 g/mol. The van der Waals surface area contributed by atoms with Gasteiger partial charge in [-0.05, 0) is 37.0 Å². The largest absolute Gasteiger partial charge is 0.480 e. The van der Waals surface area contributed by atoms with Crippen molar-refractivity contribution in [1.29, 1.82) is 0 Å². The maximum Gasteiger partial charge on any atom is 0.408 e. The fraction of sp³-hybridized carbons (Fsp3) is 0.346. The summed E-state index contributed by atoms with van der Waals surface area (Å²) in [5, 5.41) is 22.2. The standard InChI is InChI=1S/C17H24N2O5.C9H6F2O3/c1-11(2)9-14(15(20)18-12(3)16(21)22)19-17(23)24-10-13-7-5-4-6-8-13;10-6-2-1-3-7(11)8(6)5(4-12)9(13)14/h4-8,11-12,14H,9-10H2,1-3H3,(H,18,20)(H,19,23)(H,21,22);1-5H,(H,13,14)/t12-,14-;/m0./s1. The lowest BCUT2D eigenvalue weighted by Crippen LogP contribution is -2.51. The van der Waals surface area contributed by atoms with E-state index >= 15 is 0 Å². The molecule has 0 heterocycles. The minimum Gasteiger partial charge on any atom is -0.480 e. The van der Waals surface area contributed by atoms with Gasteiger partial charge in [0.25, 0.3) is 0 Å². The first kappa shape index (κ1) is 31.7. The molecule has 0 bridgehead atoms. The Morgan fingerprint density at radius 2 is 1.47 bits per heavy atom. The lowest BCUT2D eigenvalue weighted by molar-refractivity contribution is -0.141. The third-order valence-corrected chi connectivity index (χ3v) is 4.97. The topological polar surface area (TPSA) is 159 Å². The summed E-state index contributed by atoms with van der Waals surface area (Å²) < 4.78 is 31.1. The monoisotopic (exact) mass is 536 g/mol. The molecule has 12 heteroatoms. The molecule has 0 fully saturated rings. The second-order valence-electron chi connectivity index (χ2n) is 8.54. The Bertz CT molecular complexity index is 1090. The molecule has 0 aromatic heterocycles. The first-order chi connectivity index (χ1) is 17.9. The second-order valence-corrected chi connectivity index (χ2v) is 8.54. The number of alkyl carbamates (subject to hydrolysis) is 1. The van der Waals surface area contributed by atoms with Crippen molar-refractivity contribution in [3.05, 3.63) is 71.3 Å². The number of aldehydes is 1. The summed E-state index contributed by atoms with van der Waals surface area (Å²) in [4.78, 5) is 55.7. The normalized spacial score (nSPS) is 12.7. The highest BCUT2D eigenvalue weighted by atomic mass is 19.1. The van der Waals surface area contributed by atoms with Crippen molar-refractivity contribution in [2.45, 2.75) is 51.8 Å². The molecule has 3 atom stereocenters. The number of halogens is 2. The van der Waals surface area contributed by atoms with Gasteiger partial charge in [0, 0.05) is 5.56 Å². The van der Waals surface area contributed by atoms with E-state index in [1.54, 1.807) is 0 Å². The Kier molecular flexibility index (Phi) is 13.1. The first-order valence-corrected chi connectivity index (χ1v) is 11.5. The van der Waals surface area contributed by atoms with Crippen molar-refractivity contribution in [1.82, 2.24) is 10.6 Å². The van der Waals surface area contributed by atoms with E-state index in [0.29, 0.717) is 6.42 Å². The van der Waals surface area contributed by atoms with Crippen LogP contribution in [0.4, 0.5) is 13.6 Å². The number of hydrogen-bond acceptors (Lipinski definition) is 6. The minimum absolute atomic E-state index is 0.0101. The lowest BCUT2D eigenvalue weighted by Gasteiger charge is -2.21. The van der Waals surface area contributed by atoms with Crippen LogP contribution in [-0.2, 0) is 30.5 Å². The van der Waals surface area contributed by atoms with Crippen molar-refractivity contribution < 1.29 is 47.7 Å². The Balaban J connectivity index is 0.000000437. The molecular formula is C26H30F2N2O8.